The molecule has 2 aliphatic carbocycles. The molecular weight excluding hydrogens is 168 g/mol. The van der Waals surface area contributed by atoms with Gasteiger partial charge in [0.25, 0.3) is 0 Å². The number of hydrogen-bond donors (Lipinski definition) is 0. The van der Waals surface area contributed by atoms with Gasteiger partial charge in [-0.25, -0.2) is 0 Å². The Morgan fingerprint density at radius 3 is 1.64 bits per heavy atom. The van der Waals surface area contributed by atoms with Crippen molar-refractivity contribution in [3.05, 3.63) is 0 Å². The first kappa shape index (κ1) is 10.5. The van der Waals surface area contributed by atoms with Crippen molar-refractivity contribution in [2.24, 2.45) is 23.2 Å². The van der Waals surface area contributed by atoms with Gasteiger partial charge in [-0.15, -0.1) is 0 Å². The van der Waals surface area contributed by atoms with Crippen molar-refractivity contribution in [1.29, 1.82) is 0 Å². The Bertz CT molecular complexity index is 165. The van der Waals surface area contributed by atoms with Gasteiger partial charge in [0, 0.05) is 0 Å². The third kappa shape index (κ3) is 2.32. The lowest BCUT2D eigenvalue weighted by Crippen LogP contribution is -2.34. The first-order chi connectivity index (χ1) is 6.56. The first-order valence-corrected chi connectivity index (χ1v) is 6.56. The van der Waals surface area contributed by atoms with E-state index in [1.807, 2.05) is 0 Å². The molecule has 2 bridgehead atoms. The van der Waals surface area contributed by atoms with Crippen LogP contribution in [0, 0.1) is 23.2 Å². The van der Waals surface area contributed by atoms with Gasteiger partial charge in [-0.05, 0) is 29.6 Å². The molecule has 14 heavy (non-hydrogen) atoms. The maximum Gasteiger partial charge on any atom is -0.0352 e. The quantitative estimate of drug-likeness (QED) is 0.570. The van der Waals surface area contributed by atoms with Crippen LogP contribution in [0.2, 0.25) is 0 Å². The minimum atomic E-state index is 0.551. The molecule has 2 rings (SSSR count). The van der Waals surface area contributed by atoms with Gasteiger partial charge in [-0.2, -0.15) is 0 Å². The molecular formula is C14H26. The highest BCUT2D eigenvalue weighted by Crippen LogP contribution is 2.48. The van der Waals surface area contributed by atoms with Gasteiger partial charge in [-0.3, -0.25) is 0 Å². The fraction of sp³-hybridized carbons (Fsp3) is 1.00. The Kier molecular flexibility index (Phi) is 2.91. The molecule has 0 nitrogen and oxygen atoms in total. The lowest BCUT2D eigenvalue weighted by molar-refractivity contribution is 0.0582. The van der Waals surface area contributed by atoms with E-state index in [0.29, 0.717) is 5.41 Å². The van der Waals surface area contributed by atoms with Crippen LogP contribution in [0.25, 0.3) is 0 Å². The summed E-state index contributed by atoms with van der Waals surface area (Å²) in [5.74, 6) is 3.28. The molecule has 0 heterocycles. The van der Waals surface area contributed by atoms with Gasteiger partial charge in [0.05, 0.1) is 0 Å². The molecule has 0 atom stereocenters. The molecule has 0 aliphatic heterocycles. The van der Waals surface area contributed by atoms with Gasteiger partial charge >= 0.3 is 0 Å². The average molecular weight is 194 g/mol. The van der Waals surface area contributed by atoms with Gasteiger partial charge in [0.2, 0.25) is 0 Å². The zero-order valence-corrected chi connectivity index (χ0v) is 10.2. The van der Waals surface area contributed by atoms with Crippen LogP contribution < -0.4 is 0 Å². The average Bonchev–Trinajstić information content (AvgIpc) is 1.99. The predicted octanol–water partition coefficient (Wildman–Crippen LogP) is 4.64. The smallest absolute Gasteiger partial charge is 0.0352 e. The van der Waals surface area contributed by atoms with Crippen LogP contribution in [0.4, 0.5) is 0 Å². The standard InChI is InChI=1S/C14H26/c1-14(2,3)10-13-11-6-4-7-12(13)9-5-8-11/h11-13H,4-10H2,1-3H3. The van der Waals surface area contributed by atoms with E-state index >= 15 is 0 Å². The van der Waals surface area contributed by atoms with Gasteiger partial charge < -0.3 is 0 Å². The topological polar surface area (TPSA) is 0 Å². The Labute approximate surface area is 89.5 Å². The molecule has 0 saturated heterocycles. The predicted molar refractivity (Wildman–Crippen MR) is 62.2 cm³/mol. The summed E-state index contributed by atoms with van der Waals surface area (Å²) >= 11 is 0. The van der Waals surface area contributed by atoms with Crippen LogP contribution in [-0.4, -0.2) is 0 Å². The number of hydrogen-bond acceptors (Lipinski definition) is 0. The summed E-state index contributed by atoms with van der Waals surface area (Å²) in [5.41, 5.74) is 0.551. The molecule has 0 amide bonds. The van der Waals surface area contributed by atoms with Crippen LogP contribution in [0.3, 0.4) is 0 Å². The summed E-state index contributed by atoms with van der Waals surface area (Å²) in [5, 5.41) is 0. The van der Waals surface area contributed by atoms with Crippen molar-refractivity contribution >= 4 is 0 Å². The normalized spacial score (nSPS) is 38.4. The monoisotopic (exact) mass is 194 g/mol. The molecule has 2 fully saturated rings. The van der Waals surface area contributed by atoms with E-state index in [2.05, 4.69) is 20.8 Å². The van der Waals surface area contributed by atoms with Crippen LogP contribution in [-0.2, 0) is 0 Å². The van der Waals surface area contributed by atoms with E-state index in [4.69, 9.17) is 0 Å². The summed E-state index contributed by atoms with van der Waals surface area (Å²) in [6.45, 7) is 7.24. The minimum absolute atomic E-state index is 0.551. The largest absolute Gasteiger partial charge is 0.0602 e. The van der Waals surface area contributed by atoms with E-state index in [-0.39, 0.29) is 0 Å². The Morgan fingerprint density at radius 1 is 0.857 bits per heavy atom. The maximum atomic E-state index is 2.41. The Morgan fingerprint density at radius 2 is 1.29 bits per heavy atom. The van der Waals surface area contributed by atoms with E-state index in [0.717, 1.165) is 17.8 Å². The van der Waals surface area contributed by atoms with Crippen molar-refractivity contribution in [2.45, 2.75) is 65.7 Å². The summed E-state index contributed by atoms with van der Waals surface area (Å²) < 4.78 is 0. The van der Waals surface area contributed by atoms with Crippen LogP contribution >= 0.6 is 0 Å². The first-order valence-electron chi connectivity index (χ1n) is 6.56. The van der Waals surface area contributed by atoms with Gasteiger partial charge in [0.1, 0.15) is 0 Å². The van der Waals surface area contributed by atoms with Crippen LogP contribution in [0.1, 0.15) is 65.7 Å². The minimum Gasteiger partial charge on any atom is -0.0602 e. The van der Waals surface area contributed by atoms with Crippen molar-refractivity contribution in [3.63, 3.8) is 0 Å². The summed E-state index contributed by atoms with van der Waals surface area (Å²) in [6.07, 6.45) is 10.7. The zero-order chi connectivity index (χ0) is 10.2. The van der Waals surface area contributed by atoms with Gasteiger partial charge in [-0.1, -0.05) is 59.3 Å². The lowest BCUT2D eigenvalue weighted by Gasteiger charge is -2.45. The molecule has 82 valence electrons. The molecule has 2 saturated carbocycles. The molecule has 0 aromatic carbocycles. The molecule has 0 radical (unpaired) electrons. The zero-order valence-electron chi connectivity index (χ0n) is 10.2. The van der Waals surface area contributed by atoms with E-state index in [1.54, 1.807) is 0 Å². The van der Waals surface area contributed by atoms with Crippen molar-refractivity contribution in [2.75, 3.05) is 0 Å². The van der Waals surface area contributed by atoms with Crippen molar-refractivity contribution < 1.29 is 0 Å². The fourth-order valence-corrected chi connectivity index (χ4v) is 3.85. The molecule has 0 aromatic heterocycles. The summed E-state index contributed by atoms with van der Waals surface area (Å²) in [4.78, 5) is 0. The lowest BCUT2D eigenvalue weighted by atomic mass is 9.61. The van der Waals surface area contributed by atoms with Gasteiger partial charge in [0.15, 0.2) is 0 Å². The highest BCUT2D eigenvalue weighted by Gasteiger charge is 2.37. The highest BCUT2D eigenvalue weighted by molar-refractivity contribution is 4.88. The Hall–Kier alpha value is 0. The van der Waals surface area contributed by atoms with E-state index in [9.17, 15) is 0 Å². The molecule has 2 aliphatic rings. The number of fused-ring (bicyclic) bond motifs is 2. The summed E-state index contributed by atoms with van der Waals surface area (Å²) in [7, 11) is 0. The second-order valence-corrected chi connectivity index (χ2v) is 6.81. The fourth-order valence-electron chi connectivity index (χ4n) is 3.85. The highest BCUT2D eigenvalue weighted by atomic mass is 14.4. The maximum absolute atomic E-state index is 2.41. The second-order valence-electron chi connectivity index (χ2n) is 6.81. The second kappa shape index (κ2) is 3.87. The summed E-state index contributed by atoms with van der Waals surface area (Å²) in [6, 6.07) is 0. The third-order valence-electron chi connectivity index (χ3n) is 4.36. The van der Waals surface area contributed by atoms with Crippen LogP contribution in [0.5, 0.6) is 0 Å². The van der Waals surface area contributed by atoms with E-state index in [1.165, 1.54) is 44.9 Å². The molecule has 0 spiro atoms. The molecule has 0 unspecified atom stereocenters. The molecule has 0 heteroatoms. The molecule has 0 aromatic rings. The van der Waals surface area contributed by atoms with Crippen LogP contribution in [0.15, 0.2) is 0 Å². The van der Waals surface area contributed by atoms with E-state index < -0.39 is 0 Å². The third-order valence-corrected chi connectivity index (χ3v) is 4.36. The number of rotatable bonds is 1. The van der Waals surface area contributed by atoms with Crippen molar-refractivity contribution in [1.82, 2.24) is 0 Å². The van der Waals surface area contributed by atoms with Crippen molar-refractivity contribution in [3.8, 4) is 0 Å². The Balaban J connectivity index is 2.01. The molecule has 0 N–H and O–H groups in total. The SMILES string of the molecule is CC(C)(C)CC1C2CCCC1CCC2.